The average Bonchev–Trinajstić information content (AvgIpc) is 3.05. The summed E-state index contributed by atoms with van der Waals surface area (Å²) in [6.07, 6.45) is 2.44. The van der Waals surface area contributed by atoms with E-state index in [-0.39, 0.29) is 17.6 Å². The van der Waals surface area contributed by atoms with E-state index in [0.29, 0.717) is 48.9 Å². The van der Waals surface area contributed by atoms with Crippen molar-refractivity contribution in [3.8, 4) is 5.69 Å². The zero-order valence-electron chi connectivity index (χ0n) is 14.6. The fourth-order valence-electron chi connectivity index (χ4n) is 3.11. The number of para-hydroxylation sites is 1. The van der Waals surface area contributed by atoms with Crippen LogP contribution in [0.25, 0.3) is 5.69 Å². The van der Waals surface area contributed by atoms with Gasteiger partial charge < -0.3 is 10.0 Å². The molecule has 1 fully saturated rings. The Morgan fingerprint density at radius 3 is 2.58 bits per heavy atom. The Kier molecular flexibility index (Phi) is 5.56. The second kappa shape index (κ2) is 7.86. The highest BCUT2D eigenvalue weighted by atomic mass is 35.5. The summed E-state index contributed by atoms with van der Waals surface area (Å²) in [4.78, 5) is 29.9. The van der Waals surface area contributed by atoms with E-state index in [1.54, 1.807) is 15.6 Å². The first kappa shape index (κ1) is 18.4. The van der Waals surface area contributed by atoms with Crippen molar-refractivity contribution < 1.29 is 14.7 Å². The Hall–Kier alpha value is -2.41. The van der Waals surface area contributed by atoms with Crippen molar-refractivity contribution in [2.45, 2.75) is 32.6 Å². The zero-order valence-corrected chi connectivity index (χ0v) is 15.3. The van der Waals surface area contributed by atoms with Crippen molar-refractivity contribution in [1.82, 2.24) is 19.7 Å². The molecule has 0 saturated carbocycles. The van der Waals surface area contributed by atoms with Crippen molar-refractivity contribution in [3.63, 3.8) is 0 Å². The molecule has 26 heavy (non-hydrogen) atoms. The number of aryl methyl sites for hydroxylation is 1. The smallest absolute Gasteiger partial charge is 0.306 e. The van der Waals surface area contributed by atoms with Crippen LogP contribution in [0.4, 0.5) is 0 Å². The highest BCUT2D eigenvalue weighted by Crippen LogP contribution is 2.22. The largest absolute Gasteiger partial charge is 0.481 e. The van der Waals surface area contributed by atoms with Crippen LogP contribution in [0.2, 0.25) is 5.02 Å². The van der Waals surface area contributed by atoms with E-state index in [0.717, 1.165) is 6.42 Å². The van der Waals surface area contributed by atoms with E-state index in [4.69, 9.17) is 16.7 Å². The van der Waals surface area contributed by atoms with Gasteiger partial charge in [0.2, 0.25) is 5.82 Å². The van der Waals surface area contributed by atoms with Gasteiger partial charge in [-0.2, -0.15) is 0 Å². The third kappa shape index (κ3) is 3.72. The number of rotatable bonds is 5. The van der Waals surface area contributed by atoms with E-state index in [1.165, 1.54) is 0 Å². The van der Waals surface area contributed by atoms with Gasteiger partial charge in [0.05, 0.1) is 16.6 Å². The maximum Gasteiger partial charge on any atom is 0.306 e. The number of carbonyl (C=O) groups excluding carboxylic acids is 1. The lowest BCUT2D eigenvalue weighted by atomic mass is 9.97. The Labute approximate surface area is 156 Å². The molecule has 1 N–H and O–H groups in total. The second-order valence-corrected chi connectivity index (χ2v) is 6.78. The molecule has 1 aliphatic rings. The Bertz CT molecular complexity index is 813. The first-order chi connectivity index (χ1) is 12.5. The fraction of sp³-hybridized carbons (Fsp3) is 0.444. The molecule has 8 heteroatoms. The molecule has 7 nitrogen and oxygen atoms in total. The molecule has 2 aromatic rings. The molecule has 138 valence electrons. The number of carboxylic acids is 1. The number of aliphatic carboxylic acids is 1. The molecule has 0 aliphatic carbocycles. The van der Waals surface area contributed by atoms with Gasteiger partial charge in [0.1, 0.15) is 5.82 Å². The minimum atomic E-state index is -0.802. The zero-order chi connectivity index (χ0) is 18.7. The van der Waals surface area contributed by atoms with Crippen LogP contribution in [-0.4, -0.2) is 49.7 Å². The van der Waals surface area contributed by atoms with Gasteiger partial charge in [-0.15, -0.1) is 5.10 Å². The molecule has 0 bridgehead atoms. The minimum absolute atomic E-state index is 0.127. The average molecular weight is 377 g/mol. The molecule has 1 aliphatic heterocycles. The number of carbonyl (C=O) groups is 2. The minimum Gasteiger partial charge on any atom is -0.481 e. The molecular formula is C18H21ClN4O3. The highest BCUT2D eigenvalue weighted by molar-refractivity contribution is 6.32. The van der Waals surface area contributed by atoms with Gasteiger partial charge in [0, 0.05) is 19.5 Å². The third-order valence-electron chi connectivity index (χ3n) is 4.55. The van der Waals surface area contributed by atoms with Crippen molar-refractivity contribution in [2.24, 2.45) is 5.92 Å². The number of amides is 1. The van der Waals surface area contributed by atoms with Crippen LogP contribution < -0.4 is 0 Å². The first-order valence-corrected chi connectivity index (χ1v) is 9.12. The van der Waals surface area contributed by atoms with E-state index >= 15 is 0 Å². The lowest BCUT2D eigenvalue weighted by Gasteiger charge is -2.29. The number of piperidine rings is 1. The summed E-state index contributed by atoms with van der Waals surface area (Å²) in [5, 5.41) is 14.0. The second-order valence-electron chi connectivity index (χ2n) is 6.37. The SMILES string of the molecule is CCCc1nc(C(=O)N2CCC(C(=O)O)CC2)nn1-c1ccccc1Cl. The van der Waals surface area contributed by atoms with Crippen LogP contribution in [-0.2, 0) is 11.2 Å². The summed E-state index contributed by atoms with van der Waals surface area (Å²) in [6.45, 7) is 2.84. The monoisotopic (exact) mass is 376 g/mol. The molecule has 0 radical (unpaired) electrons. The van der Waals surface area contributed by atoms with Crippen molar-refractivity contribution in [1.29, 1.82) is 0 Å². The topological polar surface area (TPSA) is 88.3 Å². The molecule has 1 aromatic heterocycles. The number of likely N-dealkylation sites (tertiary alicyclic amines) is 1. The van der Waals surface area contributed by atoms with Crippen LogP contribution in [0.15, 0.2) is 24.3 Å². The van der Waals surface area contributed by atoms with Crippen LogP contribution in [0.5, 0.6) is 0 Å². The highest BCUT2D eigenvalue weighted by Gasteiger charge is 2.29. The number of hydrogen-bond acceptors (Lipinski definition) is 4. The van der Waals surface area contributed by atoms with Gasteiger partial charge >= 0.3 is 5.97 Å². The van der Waals surface area contributed by atoms with Crippen LogP contribution in [0, 0.1) is 5.92 Å². The number of halogens is 1. The number of nitrogens with zero attached hydrogens (tertiary/aromatic N) is 4. The third-order valence-corrected chi connectivity index (χ3v) is 4.87. The van der Waals surface area contributed by atoms with Crippen LogP contribution in [0.1, 0.15) is 42.6 Å². The van der Waals surface area contributed by atoms with E-state index in [9.17, 15) is 9.59 Å². The van der Waals surface area contributed by atoms with Crippen LogP contribution in [0.3, 0.4) is 0 Å². The first-order valence-electron chi connectivity index (χ1n) is 8.74. The molecule has 1 saturated heterocycles. The van der Waals surface area contributed by atoms with E-state index in [2.05, 4.69) is 10.1 Å². The summed E-state index contributed by atoms with van der Waals surface area (Å²) < 4.78 is 1.63. The molecule has 0 atom stereocenters. The molecule has 0 spiro atoms. The molecule has 2 heterocycles. The summed E-state index contributed by atoms with van der Waals surface area (Å²) in [5.74, 6) is -0.643. The predicted octanol–water partition coefficient (Wildman–Crippen LogP) is 2.81. The van der Waals surface area contributed by atoms with Crippen LogP contribution >= 0.6 is 11.6 Å². The van der Waals surface area contributed by atoms with Crippen molar-refractivity contribution in [2.75, 3.05) is 13.1 Å². The van der Waals surface area contributed by atoms with E-state index in [1.807, 2.05) is 25.1 Å². The molecule has 0 unspecified atom stereocenters. The van der Waals surface area contributed by atoms with Gasteiger partial charge in [-0.25, -0.2) is 9.67 Å². The molecular weight excluding hydrogens is 356 g/mol. The summed E-state index contributed by atoms with van der Waals surface area (Å²) >= 11 is 6.27. The van der Waals surface area contributed by atoms with Gasteiger partial charge in [-0.3, -0.25) is 9.59 Å². The summed E-state index contributed by atoms with van der Waals surface area (Å²) in [7, 11) is 0. The summed E-state index contributed by atoms with van der Waals surface area (Å²) in [5.41, 5.74) is 0.689. The van der Waals surface area contributed by atoms with Gasteiger partial charge in [0.15, 0.2) is 0 Å². The van der Waals surface area contributed by atoms with E-state index < -0.39 is 5.97 Å². The number of benzene rings is 1. The fourth-order valence-corrected chi connectivity index (χ4v) is 3.32. The van der Waals surface area contributed by atoms with Crippen molar-refractivity contribution in [3.05, 3.63) is 40.9 Å². The standard InChI is InChI=1S/C18H21ClN4O3/c1-2-5-15-20-16(21-23(15)14-7-4-3-6-13(14)19)17(24)22-10-8-12(9-11-22)18(25)26/h3-4,6-7,12H,2,5,8-11H2,1H3,(H,25,26). The molecule has 1 amide bonds. The van der Waals surface area contributed by atoms with Gasteiger partial charge in [-0.05, 0) is 31.4 Å². The lowest BCUT2D eigenvalue weighted by Crippen LogP contribution is -2.40. The Balaban J connectivity index is 1.85. The number of hydrogen-bond donors (Lipinski definition) is 1. The summed E-state index contributed by atoms with van der Waals surface area (Å²) in [6, 6.07) is 7.30. The lowest BCUT2D eigenvalue weighted by molar-refractivity contribution is -0.143. The van der Waals surface area contributed by atoms with Gasteiger partial charge in [0.25, 0.3) is 5.91 Å². The quantitative estimate of drug-likeness (QED) is 0.866. The molecule has 3 rings (SSSR count). The Morgan fingerprint density at radius 2 is 1.96 bits per heavy atom. The number of aromatic nitrogens is 3. The molecule has 1 aromatic carbocycles. The Morgan fingerprint density at radius 1 is 1.27 bits per heavy atom. The predicted molar refractivity (Wildman–Crippen MR) is 96.6 cm³/mol. The maximum atomic E-state index is 12.8. The number of carboxylic acid groups (broad SMARTS) is 1. The maximum absolute atomic E-state index is 12.8. The van der Waals surface area contributed by atoms with Crippen molar-refractivity contribution >= 4 is 23.5 Å². The normalized spacial score (nSPS) is 15.2. The van der Waals surface area contributed by atoms with Gasteiger partial charge in [-0.1, -0.05) is 30.7 Å².